The molecule has 1 aliphatic carbocycles. The highest BCUT2D eigenvalue weighted by molar-refractivity contribution is 5.89. The molecule has 1 aliphatic rings. The molecule has 1 heterocycles. The lowest BCUT2D eigenvalue weighted by molar-refractivity contribution is -0.116. The smallest absolute Gasteiger partial charge is 0.225 e. The normalized spacial score (nSPS) is 16.4. The summed E-state index contributed by atoms with van der Waals surface area (Å²) in [4.78, 5) is 11.5. The Kier molecular flexibility index (Phi) is 3.82. The maximum Gasteiger partial charge on any atom is 0.225 e. The zero-order chi connectivity index (χ0) is 12.3. The Morgan fingerprint density at radius 2 is 2.24 bits per heavy atom. The van der Waals surface area contributed by atoms with E-state index in [1.54, 1.807) is 4.68 Å². The zero-order valence-corrected chi connectivity index (χ0v) is 10.7. The van der Waals surface area contributed by atoms with Crippen molar-refractivity contribution in [2.24, 2.45) is 7.05 Å². The molecule has 4 nitrogen and oxygen atoms in total. The topological polar surface area (TPSA) is 46.9 Å². The molecule has 0 atom stereocenters. The van der Waals surface area contributed by atoms with Crippen LogP contribution in [-0.2, 0) is 11.8 Å². The van der Waals surface area contributed by atoms with Gasteiger partial charge in [-0.15, -0.1) is 0 Å². The highest BCUT2D eigenvalue weighted by Crippen LogP contribution is 2.34. The summed E-state index contributed by atoms with van der Waals surface area (Å²) in [5.41, 5.74) is 1.14. The molecule has 1 amide bonds. The van der Waals surface area contributed by atoms with Crippen LogP contribution in [0.4, 0.5) is 5.82 Å². The Morgan fingerprint density at radius 3 is 2.88 bits per heavy atom. The number of carbonyl (C=O) groups is 1. The van der Waals surface area contributed by atoms with Crippen molar-refractivity contribution in [2.75, 3.05) is 5.32 Å². The second kappa shape index (κ2) is 5.34. The molecule has 0 bridgehead atoms. The van der Waals surface area contributed by atoms with Crippen molar-refractivity contribution in [3.63, 3.8) is 0 Å². The van der Waals surface area contributed by atoms with E-state index in [2.05, 4.69) is 10.4 Å². The van der Waals surface area contributed by atoms with E-state index in [1.165, 1.54) is 25.7 Å². The number of nitrogens with one attached hydrogen (secondary N) is 1. The van der Waals surface area contributed by atoms with Crippen LogP contribution in [0.2, 0.25) is 0 Å². The lowest BCUT2D eigenvalue weighted by Crippen LogP contribution is -2.13. The molecule has 4 heteroatoms. The Hall–Kier alpha value is -1.32. The number of aromatic nitrogens is 2. The number of amides is 1. The molecule has 0 aromatic carbocycles. The summed E-state index contributed by atoms with van der Waals surface area (Å²) >= 11 is 0. The first-order valence-electron chi connectivity index (χ1n) is 6.54. The highest BCUT2D eigenvalue weighted by atomic mass is 16.1. The largest absolute Gasteiger partial charge is 0.311 e. The molecular weight excluding hydrogens is 214 g/mol. The maximum absolute atomic E-state index is 11.5. The van der Waals surface area contributed by atoms with Crippen molar-refractivity contribution in [2.45, 2.75) is 51.4 Å². The van der Waals surface area contributed by atoms with Crippen molar-refractivity contribution in [3.05, 3.63) is 11.8 Å². The van der Waals surface area contributed by atoms with Crippen LogP contribution in [0.25, 0.3) is 0 Å². The second-order valence-corrected chi connectivity index (χ2v) is 4.86. The Labute approximate surface area is 102 Å². The van der Waals surface area contributed by atoms with Gasteiger partial charge in [-0.05, 0) is 19.3 Å². The summed E-state index contributed by atoms with van der Waals surface area (Å²) in [5, 5.41) is 7.42. The number of hydrogen-bond donors (Lipinski definition) is 1. The SMILES string of the molecule is CCCC(=O)Nc1cc(C2CCCC2)nn1C. The maximum atomic E-state index is 11.5. The predicted octanol–water partition coefficient (Wildman–Crippen LogP) is 2.82. The van der Waals surface area contributed by atoms with Gasteiger partial charge >= 0.3 is 0 Å². The van der Waals surface area contributed by atoms with Gasteiger partial charge in [0, 0.05) is 25.5 Å². The van der Waals surface area contributed by atoms with Gasteiger partial charge in [0.2, 0.25) is 5.91 Å². The second-order valence-electron chi connectivity index (χ2n) is 4.86. The van der Waals surface area contributed by atoms with Crippen molar-refractivity contribution in [3.8, 4) is 0 Å². The predicted molar refractivity (Wildman–Crippen MR) is 68.0 cm³/mol. The van der Waals surface area contributed by atoms with Gasteiger partial charge in [0.15, 0.2) is 0 Å². The lowest BCUT2D eigenvalue weighted by Gasteiger charge is -2.02. The summed E-state index contributed by atoms with van der Waals surface area (Å²) in [7, 11) is 1.89. The van der Waals surface area contributed by atoms with Gasteiger partial charge in [-0.3, -0.25) is 9.48 Å². The first-order valence-corrected chi connectivity index (χ1v) is 6.54. The van der Waals surface area contributed by atoms with Gasteiger partial charge in [0.05, 0.1) is 5.69 Å². The fourth-order valence-electron chi connectivity index (χ4n) is 2.46. The number of carbonyl (C=O) groups excluding carboxylic acids is 1. The molecule has 2 rings (SSSR count). The van der Waals surface area contributed by atoms with Crippen LogP contribution in [0.1, 0.15) is 57.1 Å². The van der Waals surface area contributed by atoms with E-state index < -0.39 is 0 Å². The number of rotatable bonds is 4. The van der Waals surface area contributed by atoms with Crippen molar-refractivity contribution < 1.29 is 4.79 Å². The molecule has 1 N–H and O–H groups in total. The van der Waals surface area contributed by atoms with Crippen molar-refractivity contribution in [1.29, 1.82) is 0 Å². The molecule has 17 heavy (non-hydrogen) atoms. The third-order valence-corrected chi connectivity index (χ3v) is 3.42. The van der Waals surface area contributed by atoms with E-state index in [1.807, 2.05) is 20.0 Å². The van der Waals surface area contributed by atoms with Crippen LogP contribution in [0, 0.1) is 0 Å². The summed E-state index contributed by atoms with van der Waals surface area (Å²) in [6.07, 6.45) is 6.53. The van der Waals surface area contributed by atoms with E-state index in [4.69, 9.17) is 0 Å². The van der Waals surface area contributed by atoms with E-state index in [0.29, 0.717) is 12.3 Å². The van der Waals surface area contributed by atoms with E-state index in [0.717, 1.165) is 17.9 Å². The summed E-state index contributed by atoms with van der Waals surface area (Å²) in [6.45, 7) is 2.01. The standard InChI is InChI=1S/C13H21N3O/c1-3-6-13(17)14-12-9-11(15-16(12)2)10-7-4-5-8-10/h9-10H,3-8H2,1-2H3,(H,14,17). The molecule has 1 fully saturated rings. The van der Waals surface area contributed by atoms with Crippen LogP contribution < -0.4 is 5.32 Å². The Balaban J connectivity index is 2.05. The lowest BCUT2D eigenvalue weighted by atomic mass is 10.0. The molecular formula is C13H21N3O. The first-order chi connectivity index (χ1) is 8.20. The van der Waals surface area contributed by atoms with E-state index in [-0.39, 0.29) is 5.91 Å². The van der Waals surface area contributed by atoms with E-state index >= 15 is 0 Å². The van der Waals surface area contributed by atoms with Gasteiger partial charge in [-0.1, -0.05) is 19.8 Å². The van der Waals surface area contributed by atoms with Crippen molar-refractivity contribution in [1.82, 2.24) is 9.78 Å². The number of nitrogens with zero attached hydrogens (tertiary/aromatic N) is 2. The van der Waals surface area contributed by atoms with Gasteiger partial charge in [0.25, 0.3) is 0 Å². The molecule has 0 saturated heterocycles. The highest BCUT2D eigenvalue weighted by Gasteiger charge is 2.20. The molecule has 0 unspecified atom stereocenters. The fraction of sp³-hybridized carbons (Fsp3) is 0.692. The Morgan fingerprint density at radius 1 is 1.53 bits per heavy atom. The molecule has 0 radical (unpaired) electrons. The number of aryl methyl sites for hydroxylation is 1. The third kappa shape index (κ3) is 2.87. The molecule has 1 aromatic heterocycles. The van der Waals surface area contributed by atoms with Gasteiger partial charge in [-0.2, -0.15) is 5.10 Å². The minimum absolute atomic E-state index is 0.0773. The minimum atomic E-state index is 0.0773. The third-order valence-electron chi connectivity index (χ3n) is 3.42. The molecule has 0 spiro atoms. The number of hydrogen-bond acceptors (Lipinski definition) is 2. The first kappa shape index (κ1) is 12.1. The zero-order valence-electron chi connectivity index (χ0n) is 10.7. The summed E-state index contributed by atoms with van der Waals surface area (Å²) < 4.78 is 1.78. The van der Waals surface area contributed by atoms with Crippen molar-refractivity contribution >= 4 is 11.7 Å². The van der Waals surface area contributed by atoms with Crippen LogP contribution >= 0.6 is 0 Å². The minimum Gasteiger partial charge on any atom is -0.311 e. The van der Waals surface area contributed by atoms with Crippen LogP contribution in [0.5, 0.6) is 0 Å². The molecule has 1 aromatic rings. The summed E-state index contributed by atoms with van der Waals surface area (Å²) in [6, 6.07) is 2.03. The van der Waals surface area contributed by atoms with Gasteiger partial charge in [-0.25, -0.2) is 0 Å². The van der Waals surface area contributed by atoms with Crippen LogP contribution in [0.3, 0.4) is 0 Å². The Bertz CT molecular complexity index is 391. The molecule has 94 valence electrons. The van der Waals surface area contributed by atoms with Gasteiger partial charge in [0.1, 0.15) is 5.82 Å². The molecule has 0 aliphatic heterocycles. The van der Waals surface area contributed by atoms with Crippen LogP contribution in [0.15, 0.2) is 6.07 Å². The van der Waals surface area contributed by atoms with Crippen LogP contribution in [-0.4, -0.2) is 15.7 Å². The monoisotopic (exact) mass is 235 g/mol. The average molecular weight is 235 g/mol. The average Bonchev–Trinajstić information content (AvgIpc) is 2.89. The quantitative estimate of drug-likeness (QED) is 0.872. The van der Waals surface area contributed by atoms with Gasteiger partial charge < -0.3 is 5.32 Å². The number of anilines is 1. The van der Waals surface area contributed by atoms with E-state index in [9.17, 15) is 4.79 Å². The summed E-state index contributed by atoms with van der Waals surface area (Å²) in [5.74, 6) is 1.50. The fourth-order valence-corrected chi connectivity index (χ4v) is 2.46. The molecule has 1 saturated carbocycles.